The van der Waals surface area contributed by atoms with Gasteiger partial charge in [0.1, 0.15) is 5.82 Å². The Balaban J connectivity index is 1.52. The van der Waals surface area contributed by atoms with E-state index in [2.05, 4.69) is 0 Å². The zero-order valence-corrected chi connectivity index (χ0v) is 23.6. The van der Waals surface area contributed by atoms with Gasteiger partial charge in [-0.05, 0) is 60.0 Å². The normalized spacial score (nSPS) is 11.8. The molecule has 1 aromatic heterocycles. The summed E-state index contributed by atoms with van der Waals surface area (Å²) in [7, 11) is 1.58. The zero-order valence-electron chi connectivity index (χ0n) is 23.6. The summed E-state index contributed by atoms with van der Waals surface area (Å²) in [6.45, 7) is 2.48. The number of nitrogens with zero attached hydrogens (tertiary/aromatic N) is 3. The van der Waals surface area contributed by atoms with E-state index >= 15 is 0 Å². The van der Waals surface area contributed by atoms with Crippen molar-refractivity contribution >= 4 is 22.7 Å². The van der Waals surface area contributed by atoms with Crippen LogP contribution in [0.25, 0.3) is 27.7 Å². The summed E-state index contributed by atoms with van der Waals surface area (Å²) in [5.41, 5.74) is 9.58. The minimum atomic E-state index is -0.579. The number of benzene rings is 4. The van der Waals surface area contributed by atoms with Crippen LogP contribution < -0.4 is 11.3 Å². The van der Waals surface area contributed by atoms with Gasteiger partial charge in [-0.2, -0.15) is 0 Å². The third-order valence-electron chi connectivity index (χ3n) is 7.33. The number of methoxy groups -OCH3 is 1. The predicted molar refractivity (Wildman–Crippen MR) is 163 cm³/mol. The molecule has 0 aliphatic rings. The number of para-hydroxylation sites is 1. The minimum Gasteiger partial charge on any atom is -0.383 e. The van der Waals surface area contributed by atoms with E-state index in [9.17, 15) is 14.4 Å². The molecule has 0 fully saturated rings. The fourth-order valence-electron chi connectivity index (χ4n) is 5.04. The Morgan fingerprint density at radius 1 is 0.881 bits per heavy atom. The molecule has 1 atom stereocenters. The summed E-state index contributed by atoms with van der Waals surface area (Å²) in [4.78, 5) is 45.9. The molecule has 0 bridgehead atoms. The molecular weight excluding hydrogens is 528 g/mol. The maximum Gasteiger partial charge on any atom is 0.266 e. The van der Waals surface area contributed by atoms with Crippen molar-refractivity contribution in [1.29, 1.82) is 0 Å². The van der Waals surface area contributed by atoms with E-state index in [1.54, 1.807) is 54.5 Å². The van der Waals surface area contributed by atoms with Crippen LogP contribution in [-0.2, 0) is 16.0 Å². The Kier molecular flexibility index (Phi) is 8.55. The predicted octanol–water partition coefficient (Wildman–Crippen LogP) is 4.93. The van der Waals surface area contributed by atoms with Gasteiger partial charge in [-0.15, -0.1) is 0 Å². The van der Waals surface area contributed by atoms with Crippen molar-refractivity contribution < 1.29 is 14.3 Å². The largest absolute Gasteiger partial charge is 0.383 e. The Hall–Kier alpha value is -5.08. The second-order valence-corrected chi connectivity index (χ2v) is 10.0. The first-order valence-electron chi connectivity index (χ1n) is 13.7. The van der Waals surface area contributed by atoms with Gasteiger partial charge in [-0.25, -0.2) is 4.98 Å². The number of fused-ring (bicyclic) bond motifs is 1. The average molecular weight is 561 g/mol. The summed E-state index contributed by atoms with van der Waals surface area (Å²) in [5.74, 6) is -0.285. The van der Waals surface area contributed by atoms with Crippen molar-refractivity contribution in [2.24, 2.45) is 5.73 Å². The monoisotopic (exact) mass is 560 g/mol. The molecule has 5 aromatic rings. The number of aromatic nitrogens is 2. The van der Waals surface area contributed by atoms with Crippen molar-refractivity contribution in [3.8, 4) is 16.8 Å². The van der Waals surface area contributed by atoms with Gasteiger partial charge < -0.3 is 15.4 Å². The number of ether oxygens (including phenoxy) is 1. The van der Waals surface area contributed by atoms with E-state index in [1.807, 2.05) is 67.6 Å². The molecule has 4 aromatic carbocycles. The number of hydrogen-bond acceptors (Lipinski definition) is 5. The number of nitrogens with two attached hydrogens (primary N) is 1. The van der Waals surface area contributed by atoms with E-state index in [0.717, 1.165) is 16.7 Å². The molecule has 0 radical (unpaired) electrons. The first-order chi connectivity index (χ1) is 20.4. The number of rotatable bonds is 10. The van der Waals surface area contributed by atoms with E-state index in [1.165, 1.54) is 4.57 Å². The van der Waals surface area contributed by atoms with Crippen LogP contribution in [0.5, 0.6) is 0 Å². The fourth-order valence-corrected chi connectivity index (χ4v) is 5.04. The summed E-state index contributed by atoms with van der Waals surface area (Å²) in [5, 5.41) is 0.445. The molecular formula is C34H32N4O4. The lowest BCUT2D eigenvalue weighted by Gasteiger charge is -2.30. The highest BCUT2D eigenvalue weighted by atomic mass is 16.5. The lowest BCUT2D eigenvalue weighted by Crippen LogP contribution is -2.40. The van der Waals surface area contributed by atoms with Gasteiger partial charge >= 0.3 is 0 Å². The number of primary amides is 1. The van der Waals surface area contributed by atoms with Gasteiger partial charge in [-0.3, -0.25) is 19.0 Å². The minimum absolute atomic E-state index is 0.120. The third kappa shape index (κ3) is 5.99. The molecule has 8 nitrogen and oxygen atoms in total. The van der Waals surface area contributed by atoms with Crippen molar-refractivity contribution in [3.05, 3.63) is 130 Å². The molecule has 0 aliphatic heterocycles. The van der Waals surface area contributed by atoms with Crippen LogP contribution in [0.2, 0.25) is 0 Å². The third-order valence-corrected chi connectivity index (χ3v) is 7.33. The molecule has 0 saturated heterocycles. The SMILES string of the molecule is COCCN(C(=O)Cc1ccc(-c2ccccc2)cc1)C(C)c1nc2ccccc2c(=O)n1-c1ccc(C(N)=O)cc1. The van der Waals surface area contributed by atoms with Crippen LogP contribution in [-0.4, -0.2) is 46.5 Å². The molecule has 0 saturated carbocycles. The van der Waals surface area contributed by atoms with E-state index in [0.29, 0.717) is 41.1 Å². The summed E-state index contributed by atoms with van der Waals surface area (Å²) in [6.07, 6.45) is 0.175. The molecule has 42 heavy (non-hydrogen) atoms. The van der Waals surface area contributed by atoms with Gasteiger partial charge in [0.15, 0.2) is 0 Å². The molecule has 8 heteroatoms. The highest BCUT2D eigenvalue weighted by Gasteiger charge is 2.27. The second kappa shape index (κ2) is 12.6. The Morgan fingerprint density at radius 3 is 2.19 bits per heavy atom. The fraction of sp³-hybridized carbons (Fsp3) is 0.176. The maximum absolute atomic E-state index is 13.8. The molecule has 1 unspecified atom stereocenters. The molecule has 5 rings (SSSR count). The zero-order chi connectivity index (χ0) is 29.6. The average Bonchev–Trinajstić information content (AvgIpc) is 3.02. The van der Waals surface area contributed by atoms with Crippen molar-refractivity contribution in [3.63, 3.8) is 0 Å². The van der Waals surface area contributed by atoms with Gasteiger partial charge in [0.05, 0.1) is 35.7 Å². The van der Waals surface area contributed by atoms with Crippen molar-refractivity contribution in [2.45, 2.75) is 19.4 Å². The highest BCUT2D eigenvalue weighted by Crippen LogP contribution is 2.25. The van der Waals surface area contributed by atoms with Crippen LogP contribution in [0.15, 0.2) is 108 Å². The Labute approximate surface area is 244 Å². The van der Waals surface area contributed by atoms with Gasteiger partial charge in [-0.1, -0.05) is 66.7 Å². The number of carbonyl (C=O) groups excluding carboxylic acids is 2. The summed E-state index contributed by atoms with van der Waals surface area (Å²) >= 11 is 0. The second-order valence-electron chi connectivity index (χ2n) is 10.0. The summed E-state index contributed by atoms with van der Waals surface area (Å²) in [6, 6.07) is 31.0. The van der Waals surface area contributed by atoms with Crippen LogP contribution in [0, 0.1) is 0 Å². The van der Waals surface area contributed by atoms with Crippen LogP contribution in [0.4, 0.5) is 0 Å². The van der Waals surface area contributed by atoms with E-state index in [-0.39, 0.29) is 17.9 Å². The van der Waals surface area contributed by atoms with E-state index in [4.69, 9.17) is 15.5 Å². The Bertz CT molecular complexity index is 1760. The molecule has 212 valence electrons. The van der Waals surface area contributed by atoms with Gasteiger partial charge in [0, 0.05) is 19.2 Å². The number of hydrogen-bond donors (Lipinski definition) is 1. The quantitative estimate of drug-likeness (QED) is 0.261. The van der Waals surface area contributed by atoms with Crippen LogP contribution >= 0.6 is 0 Å². The smallest absolute Gasteiger partial charge is 0.266 e. The lowest BCUT2D eigenvalue weighted by atomic mass is 10.0. The Morgan fingerprint density at radius 2 is 1.52 bits per heavy atom. The molecule has 2 amide bonds. The van der Waals surface area contributed by atoms with Crippen LogP contribution in [0.1, 0.15) is 34.7 Å². The molecule has 1 heterocycles. The highest BCUT2D eigenvalue weighted by molar-refractivity contribution is 5.93. The maximum atomic E-state index is 13.8. The van der Waals surface area contributed by atoms with Crippen LogP contribution in [0.3, 0.4) is 0 Å². The standard InChI is InChI=1S/C34H32N4O4/c1-23(37(20-21-42-2)31(39)22-24-12-14-26(15-13-24)25-8-4-3-5-9-25)33-36-30-11-7-6-10-29(30)34(41)38(33)28-18-16-27(17-19-28)32(35)40/h3-19,23H,20-22H2,1-2H3,(H2,35,40). The molecule has 0 spiro atoms. The van der Waals surface area contributed by atoms with E-state index < -0.39 is 11.9 Å². The van der Waals surface area contributed by atoms with Crippen molar-refractivity contribution in [2.75, 3.05) is 20.3 Å². The van der Waals surface area contributed by atoms with Gasteiger partial charge in [0.2, 0.25) is 11.8 Å². The molecule has 0 aliphatic carbocycles. The molecule has 2 N–H and O–H groups in total. The number of carbonyl (C=O) groups is 2. The first-order valence-corrected chi connectivity index (χ1v) is 13.7. The van der Waals surface area contributed by atoms with Crippen molar-refractivity contribution in [1.82, 2.24) is 14.5 Å². The first kappa shape index (κ1) is 28.4. The lowest BCUT2D eigenvalue weighted by molar-refractivity contribution is -0.133. The summed E-state index contributed by atoms with van der Waals surface area (Å²) < 4.78 is 6.84. The topological polar surface area (TPSA) is 108 Å². The number of amides is 2. The van der Waals surface area contributed by atoms with Gasteiger partial charge in [0.25, 0.3) is 5.56 Å².